The van der Waals surface area contributed by atoms with Crippen LogP contribution in [0.15, 0.2) is 4.99 Å². The molecule has 0 aromatic carbocycles. The van der Waals surface area contributed by atoms with Crippen molar-refractivity contribution in [2.75, 3.05) is 0 Å². The molecule has 0 spiro atoms. The van der Waals surface area contributed by atoms with Crippen LogP contribution in [0.1, 0.15) is 32.1 Å². The Kier molecular flexibility index (Phi) is 1.81. The zero-order chi connectivity index (χ0) is 9.76. The molecule has 4 aliphatic carbocycles. The van der Waals surface area contributed by atoms with E-state index < -0.39 is 0 Å². The lowest BCUT2D eigenvalue weighted by Gasteiger charge is -2.56. The first-order valence-corrected chi connectivity index (χ1v) is 5.84. The number of isocyanates is 1. The van der Waals surface area contributed by atoms with Crippen molar-refractivity contribution in [3.8, 4) is 0 Å². The van der Waals surface area contributed by atoms with Crippen LogP contribution in [0.3, 0.4) is 0 Å². The van der Waals surface area contributed by atoms with Gasteiger partial charge in [-0.05, 0) is 49.9 Å². The van der Waals surface area contributed by atoms with Gasteiger partial charge >= 0.3 is 0 Å². The van der Waals surface area contributed by atoms with Crippen LogP contribution >= 0.6 is 11.6 Å². The molecule has 0 aromatic rings. The third-order valence-electron chi connectivity index (χ3n) is 4.35. The quantitative estimate of drug-likeness (QED) is 0.372. The molecule has 2 unspecified atom stereocenters. The summed E-state index contributed by atoms with van der Waals surface area (Å²) in [6.07, 6.45) is 7.54. The maximum absolute atomic E-state index is 10.4. The number of hydrogen-bond donors (Lipinski definition) is 0. The molecule has 0 aliphatic heterocycles. The maximum atomic E-state index is 10.4. The SMILES string of the molecule is O=C=NC1C2CC3CC1CC(Cl)(C3)C2. The first-order valence-electron chi connectivity index (χ1n) is 5.46. The molecule has 0 N–H and O–H groups in total. The van der Waals surface area contributed by atoms with Gasteiger partial charge in [0.15, 0.2) is 0 Å². The van der Waals surface area contributed by atoms with Crippen molar-refractivity contribution in [1.29, 1.82) is 0 Å². The molecule has 2 atom stereocenters. The minimum absolute atomic E-state index is 0.0609. The lowest BCUT2D eigenvalue weighted by Crippen LogP contribution is -2.53. The number of aliphatic imine (C=N–C) groups is 1. The summed E-state index contributed by atoms with van der Waals surface area (Å²) < 4.78 is 0. The van der Waals surface area contributed by atoms with Crippen LogP contribution in [0.5, 0.6) is 0 Å². The summed E-state index contributed by atoms with van der Waals surface area (Å²) in [4.78, 5) is 14.4. The molecular formula is C11H14ClNO. The molecule has 0 heterocycles. The smallest absolute Gasteiger partial charge is 0.211 e. The van der Waals surface area contributed by atoms with Crippen LogP contribution in [-0.2, 0) is 4.79 Å². The molecule has 4 aliphatic rings. The normalized spacial score (nSPS) is 54.4. The van der Waals surface area contributed by atoms with E-state index in [1.165, 1.54) is 19.3 Å². The Balaban J connectivity index is 1.92. The Morgan fingerprint density at radius 3 is 2.36 bits per heavy atom. The summed E-state index contributed by atoms with van der Waals surface area (Å²) >= 11 is 6.56. The highest BCUT2D eigenvalue weighted by molar-refractivity contribution is 6.24. The highest BCUT2D eigenvalue weighted by Crippen LogP contribution is 2.59. The van der Waals surface area contributed by atoms with Crippen molar-refractivity contribution in [2.45, 2.75) is 43.0 Å². The van der Waals surface area contributed by atoms with Gasteiger partial charge in [0.1, 0.15) is 0 Å². The van der Waals surface area contributed by atoms with Crippen LogP contribution in [0, 0.1) is 17.8 Å². The maximum Gasteiger partial charge on any atom is 0.235 e. The first kappa shape index (κ1) is 8.94. The molecule has 4 bridgehead atoms. The summed E-state index contributed by atoms with van der Waals surface area (Å²) in [5, 5.41) is 0. The minimum atomic E-state index is 0.0609. The van der Waals surface area contributed by atoms with E-state index in [4.69, 9.17) is 11.6 Å². The molecule has 0 saturated heterocycles. The van der Waals surface area contributed by atoms with Gasteiger partial charge in [0.05, 0.1) is 6.04 Å². The topological polar surface area (TPSA) is 29.4 Å². The van der Waals surface area contributed by atoms with E-state index in [-0.39, 0.29) is 10.9 Å². The van der Waals surface area contributed by atoms with Crippen LogP contribution < -0.4 is 0 Å². The van der Waals surface area contributed by atoms with Crippen LogP contribution in [0.25, 0.3) is 0 Å². The zero-order valence-corrected chi connectivity index (χ0v) is 8.83. The van der Waals surface area contributed by atoms with E-state index in [9.17, 15) is 4.79 Å². The number of hydrogen-bond acceptors (Lipinski definition) is 2. The molecule has 4 fully saturated rings. The Morgan fingerprint density at radius 2 is 1.86 bits per heavy atom. The Labute approximate surface area is 88.7 Å². The van der Waals surface area contributed by atoms with Gasteiger partial charge in [0, 0.05) is 4.87 Å². The number of alkyl halides is 1. The summed E-state index contributed by atoms with van der Waals surface area (Å²) in [7, 11) is 0. The molecular weight excluding hydrogens is 198 g/mol. The molecule has 4 rings (SSSR count). The van der Waals surface area contributed by atoms with Gasteiger partial charge in [-0.15, -0.1) is 11.6 Å². The van der Waals surface area contributed by atoms with Crippen molar-refractivity contribution in [3.05, 3.63) is 0 Å². The van der Waals surface area contributed by atoms with E-state index in [1.54, 1.807) is 6.08 Å². The standard InChI is InChI=1S/C11H14ClNO/c12-11-3-7-1-8(4-11)10(13-6-14)9(2-7)5-11/h7-10H,1-5H2. The molecule has 0 aromatic heterocycles. The summed E-state index contributed by atoms with van der Waals surface area (Å²) in [5.74, 6) is 1.95. The average molecular weight is 212 g/mol. The van der Waals surface area contributed by atoms with E-state index in [0.29, 0.717) is 11.8 Å². The number of halogens is 1. The summed E-state index contributed by atoms with van der Waals surface area (Å²) in [6, 6.07) is 0.246. The molecule has 0 radical (unpaired) electrons. The van der Waals surface area contributed by atoms with Gasteiger partial charge in [0.25, 0.3) is 0 Å². The summed E-state index contributed by atoms with van der Waals surface area (Å²) in [5.41, 5.74) is 0. The Morgan fingerprint density at radius 1 is 1.21 bits per heavy atom. The molecule has 0 amide bonds. The van der Waals surface area contributed by atoms with E-state index in [2.05, 4.69) is 4.99 Å². The van der Waals surface area contributed by atoms with Gasteiger partial charge < -0.3 is 0 Å². The van der Waals surface area contributed by atoms with Crippen molar-refractivity contribution in [2.24, 2.45) is 22.7 Å². The van der Waals surface area contributed by atoms with E-state index >= 15 is 0 Å². The fourth-order valence-electron chi connectivity index (χ4n) is 4.17. The highest BCUT2D eigenvalue weighted by atomic mass is 35.5. The van der Waals surface area contributed by atoms with Gasteiger partial charge in [-0.3, -0.25) is 0 Å². The largest absolute Gasteiger partial charge is 0.235 e. The molecule has 2 nitrogen and oxygen atoms in total. The fourth-order valence-corrected chi connectivity index (χ4v) is 4.78. The number of nitrogens with zero attached hydrogens (tertiary/aromatic N) is 1. The second kappa shape index (κ2) is 2.84. The third kappa shape index (κ3) is 1.17. The number of rotatable bonds is 1. The van der Waals surface area contributed by atoms with Crippen molar-refractivity contribution < 1.29 is 4.79 Å². The average Bonchev–Trinajstić information content (AvgIpc) is 2.08. The van der Waals surface area contributed by atoms with Crippen LogP contribution in [-0.4, -0.2) is 17.0 Å². The lowest BCUT2D eigenvalue weighted by molar-refractivity contribution is 0.0154. The molecule has 76 valence electrons. The zero-order valence-electron chi connectivity index (χ0n) is 8.08. The Hall–Kier alpha value is -0.330. The molecule has 14 heavy (non-hydrogen) atoms. The second-order valence-corrected chi connectivity index (χ2v) is 6.13. The molecule has 4 saturated carbocycles. The monoisotopic (exact) mass is 211 g/mol. The van der Waals surface area contributed by atoms with E-state index in [1.807, 2.05) is 0 Å². The van der Waals surface area contributed by atoms with Crippen molar-refractivity contribution >= 4 is 17.7 Å². The van der Waals surface area contributed by atoms with Crippen molar-refractivity contribution in [3.63, 3.8) is 0 Å². The fraction of sp³-hybridized carbons (Fsp3) is 0.909. The number of carbonyl (C=O) groups excluding carboxylic acids is 1. The van der Waals surface area contributed by atoms with Gasteiger partial charge in [-0.1, -0.05) is 0 Å². The first-order chi connectivity index (χ1) is 6.70. The highest BCUT2D eigenvalue weighted by Gasteiger charge is 2.54. The predicted octanol–water partition coefficient (Wildman–Crippen LogP) is 2.51. The van der Waals surface area contributed by atoms with Crippen LogP contribution in [0.2, 0.25) is 0 Å². The Bertz CT molecular complexity index is 294. The van der Waals surface area contributed by atoms with Crippen LogP contribution in [0.4, 0.5) is 0 Å². The summed E-state index contributed by atoms with van der Waals surface area (Å²) in [6.45, 7) is 0. The predicted molar refractivity (Wildman–Crippen MR) is 54.0 cm³/mol. The van der Waals surface area contributed by atoms with E-state index in [0.717, 1.165) is 18.8 Å². The van der Waals surface area contributed by atoms with Gasteiger partial charge in [-0.25, -0.2) is 9.79 Å². The lowest BCUT2D eigenvalue weighted by atomic mass is 9.54. The van der Waals surface area contributed by atoms with Gasteiger partial charge in [-0.2, -0.15) is 0 Å². The molecule has 3 heteroatoms. The van der Waals surface area contributed by atoms with Gasteiger partial charge in [0.2, 0.25) is 6.08 Å². The minimum Gasteiger partial charge on any atom is -0.211 e. The van der Waals surface area contributed by atoms with Crippen molar-refractivity contribution in [1.82, 2.24) is 0 Å². The third-order valence-corrected chi connectivity index (χ3v) is 4.81. The second-order valence-electron chi connectivity index (χ2n) is 5.33.